The molecule has 0 aromatic heterocycles. The summed E-state index contributed by atoms with van der Waals surface area (Å²) in [6, 6.07) is 5.40. The number of aryl methyl sites for hydroxylation is 1. The molecule has 0 spiro atoms. The Bertz CT molecular complexity index is 750. The van der Waals surface area contributed by atoms with Gasteiger partial charge in [0, 0.05) is 32.2 Å². The first-order chi connectivity index (χ1) is 14.0. The molecule has 2 fully saturated rings. The molecule has 1 aliphatic carbocycles. The molecule has 1 saturated heterocycles. The fraction of sp³-hybridized carbons (Fsp3) is 0.636. The monoisotopic (exact) mass is 420 g/mol. The second-order valence-corrected chi connectivity index (χ2v) is 8.70. The van der Waals surface area contributed by atoms with Gasteiger partial charge in [0.15, 0.2) is 0 Å². The van der Waals surface area contributed by atoms with Gasteiger partial charge in [-0.2, -0.15) is 5.26 Å². The van der Waals surface area contributed by atoms with Crippen LogP contribution in [0.3, 0.4) is 0 Å². The van der Waals surface area contributed by atoms with Gasteiger partial charge in [-0.05, 0) is 69.2 Å². The van der Waals surface area contributed by atoms with E-state index < -0.39 is 0 Å². The highest BCUT2D eigenvalue weighted by Gasteiger charge is 2.24. The predicted molar refractivity (Wildman–Crippen MR) is 114 cm³/mol. The highest BCUT2D eigenvalue weighted by Crippen LogP contribution is 2.30. The summed E-state index contributed by atoms with van der Waals surface area (Å²) in [5.41, 5.74) is 1.56. The molecule has 29 heavy (non-hydrogen) atoms. The van der Waals surface area contributed by atoms with Crippen molar-refractivity contribution in [2.75, 3.05) is 37.6 Å². The number of amides is 1. The van der Waals surface area contributed by atoms with Crippen molar-refractivity contribution in [3.63, 3.8) is 0 Å². The van der Waals surface area contributed by atoms with E-state index in [0.29, 0.717) is 16.5 Å². The molecule has 1 saturated carbocycles. The normalized spacial score (nSPS) is 22.9. The van der Waals surface area contributed by atoms with Gasteiger partial charge in [0.05, 0.1) is 16.8 Å². The van der Waals surface area contributed by atoms with Crippen LogP contribution in [0.5, 0.6) is 0 Å². The van der Waals surface area contributed by atoms with Crippen LogP contribution in [0.1, 0.15) is 44.1 Å². The second kappa shape index (κ2) is 10.3. The summed E-state index contributed by atoms with van der Waals surface area (Å²) in [4.78, 5) is 16.3. The average Bonchev–Trinajstić information content (AvgIpc) is 2.71. The van der Waals surface area contributed by atoms with Crippen LogP contribution in [0.15, 0.2) is 12.1 Å². The number of carbonyl (C=O) groups is 1. The Balaban J connectivity index is 1.37. The number of hydrogen-bond donors (Lipinski definition) is 1. The molecule has 2 aliphatic rings. The Morgan fingerprint density at radius 1 is 1.24 bits per heavy atom. The van der Waals surface area contributed by atoms with Crippen LogP contribution in [0.25, 0.3) is 0 Å². The lowest BCUT2D eigenvalue weighted by molar-refractivity contribution is -0.121. The number of hydrogen-bond acceptors (Lipinski definition) is 4. The first-order valence-electron chi connectivity index (χ1n) is 10.6. The Morgan fingerprint density at radius 3 is 2.59 bits per heavy atom. The molecular weight excluding hydrogens is 391 g/mol. The van der Waals surface area contributed by atoms with E-state index in [1.54, 1.807) is 6.92 Å². The molecular formula is C22H30ClFN4O. The van der Waals surface area contributed by atoms with Crippen molar-refractivity contribution in [2.45, 2.75) is 51.5 Å². The molecule has 1 aromatic rings. The molecule has 1 N–H and O–H groups in total. The number of halogens is 2. The molecule has 3 rings (SSSR count). The molecule has 0 bridgehead atoms. The number of nitrogens with zero attached hydrogens (tertiary/aromatic N) is 3. The Labute approximate surface area is 177 Å². The van der Waals surface area contributed by atoms with Crippen molar-refractivity contribution in [3.8, 4) is 6.07 Å². The fourth-order valence-electron chi connectivity index (χ4n) is 4.41. The number of anilines is 1. The maximum atomic E-state index is 13.6. The zero-order valence-electron chi connectivity index (χ0n) is 17.1. The minimum absolute atomic E-state index is 0.0470. The van der Waals surface area contributed by atoms with Crippen molar-refractivity contribution in [3.05, 3.63) is 28.5 Å². The summed E-state index contributed by atoms with van der Waals surface area (Å²) in [7, 11) is 0. The third kappa shape index (κ3) is 6.07. The molecule has 0 atom stereocenters. The number of nitriles is 1. The second-order valence-electron chi connectivity index (χ2n) is 8.29. The van der Waals surface area contributed by atoms with Gasteiger partial charge in [-0.3, -0.25) is 9.69 Å². The summed E-state index contributed by atoms with van der Waals surface area (Å²) < 4.78 is 13.6. The quantitative estimate of drug-likeness (QED) is 0.758. The molecule has 1 aliphatic heterocycles. The van der Waals surface area contributed by atoms with Gasteiger partial charge in [-0.25, -0.2) is 4.39 Å². The molecule has 7 heteroatoms. The summed E-state index contributed by atoms with van der Waals surface area (Å²) in [6.45, 7) is 6.67. The third-order valence-corrected chi connectivity index (χ3v) is 6.55. The van der Waals surface area contributed by atoms with Crippen molar-refractivity contribution >= 4 is 23.2 Å². The van der Waals surface area contributed by atoms with Crippen molar-refractivity contribution in [1.29, 1.82) is 5.26 Å². The summed E-state index contributed by atoms with van der Waals surface area (Å²) in [6.07, 6.45) is 5.45. The van der Waals surface area contributed by atoms with E-state index in [0.717, 1.165) is 64.1 Å². The van der Waals surface area contributed by atoms with Crippen molar-refractivity contribution in [1.82, 2.24) is 10.2 Å². The van der Waals surface area contributed by atoms with Gasteiger partial charge in [0.1, 0.15) is 12.2 Å². The number of nitrogens with one attached hydrogen (secondary N) is 1. The van der Waals surface area contributed by atoms with Crippen molar-refractivity contribution in [2.24, 2.45) is 5.92 Å². The topological polar surface area (TPSA) is 59.4 Å². The van der Waals surface area contributed by atoms with Crippen LogP contribution >= 0.6 is 11.6 Å². The molecule has 0 radical (unpaired) electrons. The summed E-state index contributed by atoms with van der Waals surface area (Å²) in [5, 5.41) is 12.0. The smallest absolute Gasteiger partial charge is 0.234 e. The van der Waals surface area contributed by atoms with E-state index >= 15 is 0 Å². The molecule has 1 aromatic carbocycles. The number of rotatable bonds is 6. The van der Waals surface area contributed by atoms with E-state index in [4.69, 9.17) is 16.9 Å². The molecule has 1 amide bonds. The van der Waals surface area contributed by atoms with E-state index in [-0.39, 0.29) is 24.2 Å². The van der Waals surface area contributed by atoms with Crippen LogP contribution in [-0.4, -0.2) is 49.6 Å². The van der Waals surface area contributed by atoms with Gasteiger partial charge in [-0.15, -0.1) is 0 Å². The number of piperazine rings is 1. The van der Waals surface area contributed by atoms with Gasteiger partial charge >= 0.3 is 0 Å². The lowest BCUT2D eigenvalue weighted by Crippen LogP contribution is -2.47. The Kier molecular flexibility index (Phi) is 7.74. The van der Waals surface area contributed by atoms with Gasteiger partial charge in [0.25, 0.3) is 0 Å². The minimum atomic E-state index is -0.253. The maximum absolute atomic E-state index is 13.6. The minimum Gasteiger partial charge on any atom is -0.368 e. The Hall–Kier alpha value is -1.84. The molecule has 0 unspecified atom stereocenters. The van der Waals surface area contributed by atoms with Crippen LogP contribution in [0, 0.1) is 30.0 Å². The zero-order chi connectivity index (χ0) is 20.8. The Morgan fingerprint density at radius 2 is 1.93 bits per heavy atom. The lowest BCUT2D eigenvalue weighted by Gasteiger charge is -2.37. The summed E-state index contributed by atoms with van der Waals surface area (Å²) >= 11 is 6.26. The number of benzene rings is 1. The highest BCUT2D eigenvalue weighted by molar-refractivity contribution is 6.33. The van der Waals surface area contributed by atoms with Crippen LogP contribution in [0.2, 0.25) is 5.02 Å². The van der Waals surface area contributed by atoms with Gasteiger partial charge in [0.2, 0.25) is 5.91 Å². The standard InChI is InChI=1S/C22H30ClFN4O/c1-16-14-21(19(23)15-20(16)24)28-12-10-27(11-13-28)9-7-17-2-4-18(5-3-17)26-22(29)6-8-25/h14-15,17-18H,2-7,9-13H2,1H3,(H,26,29)/t17-,18-. The maximum Gasteiger partial charge on any atom is 0.234 e. The molecule has 5 nitrogen and oxygen atoms in total. The predicted octanol–water partition coefficient (Wildman–Crippen LogP) is 3.89. The van der Waals surface area contributed by atoms with Crippen LogP contribution in [0.4, 0.5) is 10.1 Å². The van der Waals surface area contributed by atoms with E-state index in [1.165, 1.54) is 12.5 Å². The first kappa shape index (κ1) is 21.9. The van der Waals surface area contributed by atoms with E-state index in [9.17, 15) is 9.18 Å². The van der Waals surface area contributed by atoms with Gasteiger partial charge in [-0.1, -0.05) is 11.6 Å². The van der Waals surface area contributed by atoms with Crippen LogP contribution < -0.4 is 10.2 Å². The molecule has 158 valence electrons. The zero-order valence-corrected chi connectivity index (χ0v) is 17.8. The van der Waals surface area contributed by atoms with E-state index in [2.05, 4.69) is 15.1 Å². The highest BCUT2D eigenvalue weighted by atomic mass is 35.5. The van der Waals surface area contributed by atoms with Gasteiger partial charge < -0.3 is 10.2 Å². The number of carbonyl (C=O) groups excluding carboxylic acids is 1. The SMILES string of the molecule is Cc1cc(N2CCN(CC[C@H]3CC[C@H](NC(=O)CC#N)CC3)CC2)c(Cl)cc1F. The molecule has 1 heterocycles. The lowest BCUT2D eigenvalue weighted by atomic mass is 9.84. The van der Waals surface area contributed by atoms with E-state index in [1.807, 2.05) is 12.1 Å². The van der Waals surface area contributed by atoms with Crippen molar-refractivity contribution < 1.29 is 9.18 Å². The first-order valence-corrected chi connectivity index (χ1v) is 10.9. The largest absolute Gasteiger partial charge is 0.368 e. The fourth-order valence-corrected chi connectivity index (χ4v) is 4.68. The average molecular weight is 421 g/mol. The van der Waals surface area contributed by atoms with Crippen LogP contribution in [-0.2, 0) is 4.79 Å². The summed E-state index contributed by atoms with van der Waals surface area (Å²) in [5.74, 6) is 0.313. The third-order valence-electron chi connectivity index (χ3n) is 6.25.